The van der Waals surface area contributed by atoms with Crippen LogP contribution in [-0.4, -0.2) is 48.6 Å². The van der Waals surface area contributed by atoms with Crippen LogP contribution in [0.3, 0.4) is 0 Å². The van der Waals surface area contributed by atoms with Crippen LogP contribution in [0.4, 0.5) is 32.0 Å². The number of carbonyl (C=O) groups excluding carboxylic acids is 2. The van der Waals surface area contributed by atoms with Crippen LogP contribution >= 0.6 is 0 Å². The Morgan fingerprint density at radius 2 is 1.60 bits per heavy atom. The highest BCUT2D eigenvalue weighted by atomic mass is 32.2. The number of hydrogen-bond acceptors (Lipinski definition) is 6. The molecule has 214 valence electrons. The molecule has 3 rings (SSSR count). The SMILES string of the molecule is N#CC(c1ccc(NC(=O)C2c3ccc(C[SH](=O)=O)cc3CN2C(=O)CCC(=O)O)cc1)(C(F)(F)F)C(F)(F)F. The molecule has 2 N–H and O–H groups in total. The first-order valence-corrected chi connectivity index (χ1v) is 12.6. The summed E-state index contributed by atoms with van der Waals surface area (Å²) in [4.78, 5) is 37.9. The molecule has 0 aliphatic carbocycles. The standard InChI is InChI=1S/C24H19F6N3O6S/c25-23(26,27)22(12-31,24(28,29)30)15-2-4-16(5-3-15)32-21(37)20-17-6-1-13(11-40(38)39)9-14(17)10-33(20)18(34)7-8-19(35)36/h1-6,9,20,40H,7-8,10-11H2,(H,32,37)(H,35,36). The maximum Gasteiger partial charge on any atom is 0.420 e. The molecule has 2 amide bonds. The lowest BCUT2D eigenvalue weighted by Gasteiger charge is -2.31. The number of fused-ring (bicyclic) bond motifs is 1. The van der Waals surface area contributed by atoms with Gasteiger partial charge < -0.3 is 15.3 Å². The molecule has 0 saturated heterocycles. The van der Waals surface area contributed by atoms with Gasteiger partial charge in [0.25, 0.3) is 11.3 Å². The van der Waals surface area contributed by atoms with Crippen LogP contribution in [0.15, 0.2) is 42.5 Å². The topological polar surface area (TPSA) is 145 Å². The second kappa shape index (κ2) is 11.2. The number of rotatable bonds is 8. The zero-order valence-electron chi connectivity index (χ0n) is 20.0. The van der Waals surface area contributed by atoms with Crippen molar-refractivity contribution < 1.29 is 54.3 Å². The lowest BCUT2D eigenvalue weighted by atomic mass is 9.80. The molecule has 0 spiro atoms. The van der Waals surface area contributed by atoms with Crippen LogP contribution in [-0.2, 0) is 42.8 Å². The molecule has 0 saturated carbocycles. The minimum absolute atomic E-state index is 0.184. The second-order valence-electron chi connectivity index (χ2n) is 8.77. The predicted molar refractivity (Wildman–Crippen MR) is 125 cm³/mol. The summed E-state index contributed by atoms with van der Waals surface area (Å²) in [5.41, 5.74) is -5.47. The monoisotopic (exact) mass is 591 g/mol. The molecular weight excluding hydrogens is 572 g/mol. The van der Waals surface area contributed by atoms with E-state index >= 15 is 0 Å². The Kier molecular flexibility index (Phi) is 8.48. The predicted octanol–water partition coefficient (Wildman–Crippen LogP) is 3.57. The van der Waals surface area contributed by atoms with E-state index in [1.54, 1.807) is 0 Å². The van der Waals surface area contributed by atoms with Gasteiger partial charge in [0.1, 0.15) is 16.7 Å². The Morgan fingerprint density at radius 3 is 2.10 bits per heavy atom. The highest BCUT2D eigenvalue weighted by Gasteiger charge is 2.72. The number of hydrogen-bond donors (Lipinski definition) is 3. The number of carbonyl (C=O) groups is 3. The molecule has 16 heteroatoms. The number of carboxylic acid groups (broad SMARTS) is 1. The largest absolute Gasteiger partial charge is 0.481 e. The Labute approximate surface area is 223 Å². The summed E-state index contributed by atoms with van der Waals surface area (Å²) in [7, 11) is -2.79. The molecular formula is C24H19F6N3O6S. The van der Waals surface area contributed by atoms with Gasteiger partial charge in [0, 0.05) is 18.7 Å². The molecule has 0 radical (unpaired) electrons. The van der Waals surface area contributed by atoms with Gasteiger partial charge in [-0.3, -0.25) is 14.4 Å². The van der Waals surface area contributed by atoms with Crippen LogP contribution in [0.1, 0.15) is 41.1 Å². The van der Waals surface area contributed by atoms with Gasteiger partial charge >= 0.3 is 18.3 Å². The van der Waals surface area contributed by atoms with E-state index in [4.69, 9.17) is 10.4 Å². The number of benzene rings is 2. The quantitative estimate of drug-likeness (QED) is 0.315. The third-order valence-electron chi connectivity index (χ3n) is 6.19. The number of nitrogens with zero attached hydrogens (tertiary/aromatic N) is 2. The van der Waals surface area contributed by atoms with Gasteiger partial charge in [-0.2, -0.15) is 31.6 Å². The maximum atomic E-state index is 13.4. The van der Waals surface area contributed by atoms with Gasteiger partial charge in [0.15, 0.2) is 0 Å². The van der Waals surface area contributed by atoms with Gasteiger partial charge in [0.2, 0.25) is 5.91 Å². The van der Waals surface area contributed by atoms with Gasteiger partial charge in [-0.05, 0) is 34.4 Å². The summed E-state index contributed by atoms with van der Waals surface area (Å²) in [6.07, 6.45) is -13.0. The molecule has 9 nitrogen and oxygen atoms in total. The number of aliphatic carboxylic acids is 1. The average molecular weight is 591 g/mol. The van der Waals surface area contributed by atoms with Crippen molar-refractivity contribution in [3.8, 4) is 6.07 Å². The summed E-state index contributed by atoms with van der Waals surface area (Å²) < 4.78 is 103. The Hall–Kier alpha value is -4.13. The molecule has 0 aromatic heterocycles. The lowest BCUT2D eigenvalue weighted by Crippen LogP contribution is -2.52. The summed E-state index contributed by atoms with van der Waals surface area (Å²) in [6, 6.07) is 5.47. The summed E-state index contributed by atoms with van der Waals surface area (Å²) >= 11 is 0. The van der Waals surface area contributed by atoms with E-state index in [-0.39, 0.29) is 23.5 Å². The van der Waals surface area contributed by atoms with Crippen molar-refractivity contribution in [1.82, 2.24) is 4.90 Å². The first-order chi connectivity index (χ1) is 18.5. The van der Waals surface area contributed by atoms with Crippen molar-refractivity contribution >= 4 is 34.2 Å². The molecule has 1 heterocycles. The molecule has 2 aromatic carbocycles. The van der Waals surface area contributed by atoms with E-state index in [2.05, 4.69) is 5.32 Å². The molecule has 40 heavy (non-hydrogen) atoms. The first-order valence-electron chi connectivity index (χ1n) is 11.2. The average Bonchev–Trinajstić information content (AvgIpc) is 3.21. The van der Waals surface area contributed by atoms with Crippen molar-refractivity contribution in [2.45, 2.75) is 48.9 Å². The minimum Gasteiger partial charge on any atom is -0.481 e. The number of carboxylic acids is 1. The molecule has 1 unspecified atom stereocenters. The summed E-state index contributed by atoms with van der Waals surface area (Å²) in [6.45, 7) is -0.184. The van der Waals surface area contributed by atoms with Crippen LogP contribution in [0, 0.1) is 11.3 Å². The molecule has 2 aromatic rings. The second-order valence-corrected chi connectivity index (χ2v) is 9.75. The van der Waals surface area contributed by atoms with E-state index in [9.17, 15) is 49.1 Å². The third kappa shape index (κ3) is 5.88. The Morgan fingerprint density at radius 1 is 1.00 bits per heavy atom. The molecule has 0 bridgehead atoms. The fourth-order valence-electron chi connectivity index (χ4n) is 4.32. The van der Waals surface area contributed by atoms with Gasteiger partial charge in [0.05, 0.1) is 18.2 Å². The van der Waals surface area contributed by atoms with E-state index in [1.807, 2.05) is 0 Å². The van der Waals surface area contributed by atoms with E-state index in [0.29, 0.717) is 29.3 Å². The molecule has 0 fully saturated rings. The normalized spacial score (nSPS) is 15.4. The zero-order chi connectivity index (χ0) is 30.0. The van der Waals surface area contributed by atoms with Crippen LogP contribution in [0.5, 0.6) is 0 Å². The third-order valence-corrected chi connectivity index (χ3v) is 6.81. The lowest BCUT2D eigenvalue weighted by molar-refractivity contribution is -0.283. The van der Waals surface area contributed by atoms with Crippen LogP contribution in [0.25, 0.3) is 0 Å². The number of amides is 2. The van der Waals surface area contributed by atoms with E-state index < -0.39 is 70.7 Å². The first kappa shape index (κ1) is 30.4. The number of nitrogens with one attached hydrogen (secondary N) is 1. The number of thiol groups is 1. The zero-order valence-corrected chi connectivity index (χ0v) is 20.9. The van der Waals surface area contributed by atoms with Crippen molar-refractivity contribution in [3.63, 3.8) is 0 Å². The maximum absolute atomic E-state index is 13.4. The molecule has 1 aliphatic heterocycles. The van der Waals surface area contributed by atoms with Crippen LogP contribution in [0.2, 0.25) is 0 Å². The Balaban J connectivity index is 1.94. The van der Waals surface area contributed by atoms with Crippen molar-refractivity contribution in [2.75, 3.05) is 5.32 Å². The summed E-state index contributed by atoms with van der Waals surface area (Å²) in [5, 5.41) is 20.1. The smallest absolute Gasteiger partial charge is 0.420 e. The van der Waals surface area contributed by atoms with Gasteiger partial charge in [-0.15, -0.1) is 0 Å². The molecule has 1 atom stereocenters. The number of alkyl halides is 6. The fraction of sp³-hybridized carbons (Fsp3) is 0.333. The van der Waals surface area contributed by atoms with Crippen LogP contribution < -0.4 is 5.32 Å². The van der Waals surface area contributed by atoms with E-state index in [1.165, 1.54) is 18.2 Å². The van der Waals surface area contributed by atoms with Gasteiger partial charge in [-0.25, -0.2) is 8.42 Å². The number of anilines is 1. The highest BCUT2D eigenvalue weighted by Crippen LogP contribution is 2.51. The van der Waals surface area contributed by atoms with Gasteiger partial charge in [-0.1, -0.05) is 30.3 Å². The van der Waals surface area contributed by atoms with Crippen molar-refractivity contribution in [1.29, 1.82) is 5.26 Å². The fourth-order valence-corrected chi connectivity index (χ4v) is 4.81. The highest BCUT2D eigenvalue weighted by molar-refractivity contribution is 7.71. The van der Waals surface area contributed by atoms with Crippen molar-refractivity contribution in [3.05, 3.63) is 64.7 Å². The molecule has 1 aliphatic rings. The number of nitriles is 1. The Bertz CT molecular complexity index is 1420. The van der Waals surface area contributed by atoms with Crippen molar-refractivity contribution in [2.24, 2.45) is 0 Å². The minimum atomic E-state index is -6.01. The number of halogens is 6. The summed E-state index contributed by atoms with van der Waals surface area (Å²) in [5.74, 6) is -3.26. The van der Waals surface area contributed by atoms with E-state index in [0.717, 1.165) is 17.0 Å².